The SMILES string of the molecule is CC(C)(C)CC(CO)OC(O)COC(=O)CCCC(N)=O.CC(C)C. The van der Waals surface area contributed by atoms with Crippen molar-refractivity contribution in [2.24, 2.45) is 17.1 Å². The van der Waals surface area contributed by atoms with Crippen LogP contribution in [0.15, 0.2) is 0 Å². The molecule has 0 saturated heterocycles. The lowest BCUT2D eigenvalue weighted by Gasteiger charge is -2.26. The molecule has 25 heavy (non-hydrogen) atoms. The Morgan fingerprint density at radius 3 is 2.04 bits per heavy atom. The van der Waals surface area contributed by atoms with Crippen molar-refractivity contribution in [3.8, 4) is 0 Å². The van der Waals surface area contributed by atoms with Gasteiger partial charge in [-0.05, 0) is 24.2 Å². The third kappa shape index (κ3) is 22.8. The van der Waals surface area contributed by atoms with Gasteiger partial charge in [0.05, 0.1) is 12.7 Å². The maximum absolute atomic E-state index is 11.3. The number of rotatable bonds is 10. The quantitative estimate of drug-likeness (QED) is 0.403. The van der Waals surface area contributed by atoms with Crippen LogP contribution < -0.4 is 5.73 Å². The van der Waals surface area contributed by atoms with E-state index in [2.05, 4.69) is 20.8 Å². The first kappa shape index (κ1) is 26.1. The van der Waals surface area contributed by atoms with Crippen LogP contribution in [0.5, 0.6) is 0 Å². The topological polar surface area (TPSA) is 119 Å². The molecule has 2 atom stereocenters. The first-order valence-electron chi connectivity index (χ1n) is 8.75. The van der Waals surface area contributed by atoms with Crippen LogP contribution in [0.25, 0.3) is 0 Å². The van der Waals surface area contributed by atoms with Crippen LogP contribution in [0.3, 0.4) is 0 Å². The molecule has 7 nitrogen and oxygen atoms in total. The summed E-state index contributed by atoms with van der Waals surface area (Å²) < 4.78 is 10.0. The zero-order valence-electron chi connectivity index (χ0n) is 16.6. The van der Waals surface area contributed by atoms with E-state index in [0.717, 1.165) is 5.92 Å². The van der Waals surface area contributed by atoms with Crippen molar-refractivity contribution >= 4 is 11.9 Å². The summed E-state index contributed by atoms with van der Waals surface area (Å²) in [5.74, 6) is -0.172. The van der Waals surface area contributed by atoms with E-state index < -0.39 is 24.3 Å². The van der Waals surface area contributed by atoms with Gasteiger partial charge in [0, 0.05) is 12.8 Å². The van der Waals surface area contributed by atoms with Crippen molar-refractivity contribution in [3.63, 3.8) is 0 Å². The predicted octanol–water partition coefficient (Wildman–Crippen LogP) is 1.98. The van der Waals surface area contributed by atoms with Gasteiger partial charge in [-0.25, -0.2) is 0 Å². The Bertz CT molecular complexity index is 362. The van der Waals surface area contributed by atoms with Gasteiger partial charge in [0.2, 0.25) is 5.91 Å². The third-order valence-electron chi connectivity index (χ3n) is 2.58. The number of ether oxygens (including phenoxy) is 2. The Labute approximate surface area is 151 Å². The molecule has 0 rings (SSSR count). The molecular weight excluding hydrogens is 326 g/mol. The molecule has 150 valence electrons. The average Bonchev–Trinajstić information content (AvgIpc) is 2.42. The summed E-state index contributed by atoms with van der Waals surface area (Å²) in [5, 5.41) is 18.8. The van der Waals surface area contributed by atoms with Crippen molar-refractivity contribution in [1.82, 2.24) is 0 Å². The van der Waals surface area contributed by atoms with Crippen molar-refractivity contribution < 1.29 is 29.3 Å². The number of primary amides is 1. The summed E-state index contributed by atoms with van der Waals surface area (Å²) in [6.07, 6.45) is -0.757. The number of hydrogen-bond donors (Lipinski definition) is 3. The van der Waals surface area contributed by atoms with Gasteiger partial charge in [0.1, 0.15) is 6.61 Å². The van der Waals surface area contributed by atoms with Gasteiger partial charge < -0.3 is 25.4 Å². The second kappa shape index (κ2) is 14.0. The highest BCUT2D eigenvalue weighted by molar-refractivity contribution is 5.75. The smallest absolute Gasteiger partial charge is 0.305 e. The lowest BCUT2D eigenvalue weighted by molar-refractivity contribution is -0.187. The summed E-state index contributed by atoms with van der Waals surface area (Å²) >= 11 is 0. The lowest BCUT2D eigenvalue weighted by Crippen LogP contribution is -2.32. The van der Waals surface area contributed by atoms with Crippen molar-refractivity contribution in [3.05, 3.63) is 0 Å². The number of aliphatic hydroxyl groups is 2. The fraction of sp³-hybridized carbons (Fsp3) is 0.889. The molecule has 0 aliphatic carbocycles. The van der Waals surface area contributed by atoms with Crippen LogP contribution in [-0.4, -0.2) is 47.7 Å². The molecule has 7 heteroatoms. The monoisotopic (exact) mass is 363 g/mol. The molecule has 1 amide bonds. The van der Waals surface area contributed by atoms with E-state index in [1.165, 1.54) is 0 Å². The number of esters is 1. The van der Waals surface area contributed by atoms with E-state index in [0.29, 0.717) is 12.8 Å². The zero-order chi connectivity index (χ0) is 20.0. The Morgan fingerprint density at radius 1 is 1.12 bits per heavy atom. The number of nitrogens with two attached hydrogens (primary N) is 1. The van der Waals surface area contributed by atoms with E-state index in [1.54, 1.807) is 0 Å². The number of carbonyl (C=O) groups excluding carboxylic acids is 2. The Hall–Kier alpha value is -1.18. The number of hydrogen-bond acceptors (Lipinski definition) is 6. The van der Waals surface area contributed by atoms with Gasteiger partial charge in [-0.1, -0.05) is 41.5 Å². The van der Waals surface area contributed by atoms with E-state index >= 15 is 0 Å². The summed E-state index contributed by atoms with van der Waals surface area (Å²) in [7, 11) is 0. The Balaban J connectivity index is 0. The predicted molar refractivity (Wildman–Crippen MR) is 96.6 cm³/mol. The molecule has 0 aliphatic rings. The fourth-order valence-corrected chi connectivity index (χ4v) is 1.74. The van der Waals surface area contributed by atoms with Crippen LogP contribution >= 0.6 is 0 Å². The Kier molecular flexibility index (Phi) is 14.6. The normalized spacial score (nSPS) is 13.6. The van der Waals surface area contributed by atoms with Gasteiger partial charge in [0.15, 0.2) is 6.29 Å². The van der Waals surface area contributed by atoms with E-state index in [4.69, 9.17) is 15.2 Å². The second-order valence-corrected chi connectivity index (χ2v) is 7.90. The highest BCUT2D eigenvalue weighted by Crippen LogP contribution is 2.22. The average molecular weight is 363 g/mol. The minimum absolute atomic E-state index is 0.0566. The van der Waals surface area contributed by atoms with Gasteiger partial charge in [-0.15, -0.1) is 0 Å². The maximum Gasteiger partial charge on any atom is 0.305 e. The number of amides is 1. The van der Waals surface area contributed by atoms with Crippen LogP contribution in [0.2, 0.25) is 0 Å². The first-order chi connectivity index (χ1) is 11.4. The highest BCUT2D eigenvalue weighted by atomic mass is 16.6. The standard InChI is InChI=1S/C14H27NO6.C4H10/c1-14(2,3)7-10(8-16)21-13(19)9-20-12(18)6-4-5-11(15)17;1-4(2)3/h10,13,16,19H,4-9H2,1-3H3,(H2,15,17);4H,1-3H3. The van der Waals surface area contributed by atoms with E-state index in [1.807, 2.05) is 20.8 Å². The molecule has 0 aromatic carbocycles. The van der Waals surface area contributed by atoms with Crippen LogP contribution in [-0.2, 0) is 19.1 Å². The molecular formula is C18H37NO6. The molecule has 0 aliphatic heterocycles. The molecule has 0 saturated carbocycles. The zero-order valence-corrected chi connectivity index (χ0v) is 16.6. The van der Waals surface area contributed by atoms with Gasteiger partial charge >= 0.3 is 5.97 Å². The van der Waals surface area contributed by atoms with Gasteiger partial charge in [0.25, 0.3) is 0 Å². The van der Waals surface area contributed by atoms with Crippen LogP contribution in [0.4, 0.5) is 0 Å². The molecule has 2 unspecified atom stereocenters. The second-order valence-electron chi connectivity index (χ2n) is 7.90. The number of carbonyl (C=O) groups is 2. The summed E-state index contributed by atoms with van der Waals surface area (Å²) in [6.45, 7) is 11.9. The summed E-state index contributed by atoms with van der Waals surface area (Å²) in [5.41, 5.74) is 4.89. The third-order valence-corrected chi connectivity index (χ3v) is 2.58. The fourth-order valence-electron chi connectivity index (χ4n) is 1.74. The molecule has 0 fully saturated rings. The summed E-state index contributed by atoms with van der Waals surface area (Å²) in [6, 6.07) is 0. The van der Waals surface area contributed by atoms with Crippen molar-refractivity contribution in [1.29, 1.82) is 0 Å². The molecule has 0 heterocycles. The van der Waals surface area contributed by atoms with Gasteiger partial charge in [-0.3, -0.25) is 9.59 Å². The van der Waals surface area contributed by atoms with E-state index in [-0.39, 0.29) is 31.5 Å². The minimum atomic E-state index is -1.29. The van der Waals surface area contributed by atoms with Crippen LogP contribution in [0, 0.1) is 11.3 Å². The lowest BCUT2D eigenvalue weighted by atomic mass is 9.89. The van der Waals surface area contributed by atoms with Crippen LogP contribution in [0.1, 0.15) is 67.2 Å². The maximum atomic E-state index is 11.3. The van der Waals surface area contributed by atoms with E-state index in [9.17, 15) is 19.8 Å². The highest BCUT2D eigenvalue weighted by Gasteiger charge is 2.22. The number of aliphatic hydroxyl groups excluding tert-OH is 2. The van der Waals surface area contributed by atoms with Gasteiger partial charge in [-0.2, -0.15) is 0 Å². The molecule has 0 bridgehead atoms. The van der Waals surface area contributed by atoms with Crippen molar-refractivity contribution in [2.45, 2.75) is 79.6 Å². The first-order valence-corrected chi connectivity index (χ1v) is 8.75. The molecule has 0 aromatic rings. The molecule has 0 radical (unpaired) electrons. The molecule has 4 N–H and O–H groups in total. The molecule has 0 aromatic heterocycles. The molecule has 0 spiro atoms. The minimum Gasteiger partial charge on any atom is -0.460 e. The Morgan fingerprint density at radius 2 is 1.64 bits per heavy atom. The summed E-state index contributed by atoms with van der Waals surface area (Å²) in [4.78, 5) is 21.8. The largest absolute Gasteiger partial charge is 0.460 e. The van der Waals surface area contributed by atoms with Crippen molar-refractivity contribution in [2.75, 3.05) is 13.2 Å².